The van der Waals surface area contributed by atoms with Gasteiger partial charge in [-0.3, -0.25) is 0 Å². The zero-order valence-electron chi connectivity index (χ0n) is 23.2. The lowest BCUT2D eigenvalue weighted by atomic mass is 9.41. The van der Waals surface area contributed by atoms with E-state index in [1.54, 1.807) is 13.8 Å². The van der Waals surface area contributed by atoms with E-state index in [2.05, 4.69) is 34.6 Å². The number of rotatable bonds is 5. The fraction of sp³-hybridized carbons (Fsp3) is 1.00. The molecule has 5 rings (SSSR count). The molecule has 5 saturated carbocycles. The van der Waals surface area contributed by atoms with Crippen molar-refractivity contribution in [2.75, 3.05) is 0 Å². The van der Waals surface area contributed by atoms with E-state index in [9.17, 15) is 25.5 Å². The minimum atomic E-state index is -1.11. The van der Waals surface area contributed by atoms with Crippen molar-refractivity contribution < 1.29 is 25.5 Å². The minimum absolute atomic E-state index is 0.0124. The molecule has 2 spiro atoms. The van der Waals surface area contributed by atoms with Gasteiger partial charge in [-0.15, -0.1) is 0 Å². The summed E-state index contributed by atoms with van der Waals surface area (Å²) in [5.74, 6) is 0.973. The molecule has 0 saturated heterocycles. The summed E-state index contributed by atoms with van der Waals surface area (Å²) in [5.41, 5.74) is -1.03. The highest BCUT2D eigenvalue weighted by atomic mass is 16.3. The van der Waals surface area contributed by atoms with Crippen molar-refractivity contribution >= 4 is 0 Å². The quantitative estimate of drug-likeness (QED) is 0.394. The molecule has 0 aromatic heterocycles. The molecule has 0 heterocycles. The highest BCUT2D eigenvalue weighted by Crippen LogP contribution is 2.89. The molecule has 0 amide bonds. The summed E-state index contributed by atoms with van der Waals surface area (Å²) in [5, 5.41) is 54.7. The van der Waals surface area contributed by atoms with Crippen molar-refractivity contribution in [1.82, 2.24) is 0 Å². The van der Waals surface area contributed by atoms with Gasteiger partial charge in [-0.25, -0.2) is 0 Å². The summed E-state index contributed by atoms with van der Waals surface area (Å²) >= 11 is 0. The Hall–Kier alpha value is -0.200. The van der Waals surface area contributed by atoms with E-state index in [4.69, 9.17) is 0 Å². The van der Waals surface area contributed by atoms with Gasteiger partial charge in [0.25, 0.3) is 0 Å². The van der Waals surface area contributed by atoms with Gasteiger partial charge in [0.1, 0.15) is 0 Å². The monoisotopic (exact) mass is 492 g/mol. The molecule has 2 unspecified atom stereocenters. The summed E-state index contributed by atoms with van der Waals surface area (Å²) in [6.07, 6.45) is 6.35. The van der Waals surface area contributed by atoms with E-state index in [-0.39, 0.29) is 57.0 Å². The first-order chi connectivity index (χ1) is 16.0. The molecule has 5 N–H and O–H groups in total. The van der Waals surface area contributed by atoms with Crippen LogP contribution in [0.2, 0.25) is 0 Å². The summed E-state index contributed by atoms with van der Waals surface area (Å²) in [6, 6.07) is 0. The highest BCUT2D eigenvalue weighted by molar-refractivity contribution is 5.32. The van der Waals surface area contributed by atoms with Gasteiger partial charge in [-0.05, 0) is 122 Å². The van der Waals surface area contributed by atoms with E-state index < -0.39 is 17.8 Å². The van der Waals surface area contributed by atoms with Crippen molar-refractivity contribution in [3.63, 3.8) is 0 Å². The van der Waals surface area contributed by atoms with Crippen LogP contribution in [0, 0.1) is 50.7 Å². The lowest BCUT2D eigenvalue weighted by Crippen LogP contribution is -2.61. The Morgan fingerprint density at radius 3 is 2.17 bits per heavy atom. The van der Waals surface area contributed by atoms with Gasteiger partial charge in [-0.2, -0.15) is 0 Å². The van der Waals surface area contributed by atoms with Crippen molar-refractivity contribution in [2.24, 2.45) is 50.7 Å². The van der Waals surface area contributed by atoms with E-state index in [0.29, 0.717) is 12.3 Å². The van der Waals surface area contributed by atoms with Crippen molar-refractivity contribution in [2.45, 2.75) is 136 Å². The maximum atomic E-state index is 11.6. The van der Waals surface area contributed by atoms with Crippen molar-refractivity contribution in [3.8, 4) is 0 Å². The van der Waals surface area contributed by atoms with Crippen LogP contribution in [0.15, 0.2) is 0 Å². The van der Waals surface area contributed by atoms with Gasteiger partial charge in [0.05, 0.1) is 30.0 Å². The van der Waals surface area contributed by atoms with Crippen LogP contribution in [-0.2, 0) is 0 Å². The molecule has 35 heavy (non-hydrogen) atoms. The number of hydrogen-bond donors (Lipinski definition) is 5. The Bertz CT molecular complexity index is 850. The molecule has 5 fully saturated rings. The van der Waals surface area contributed by atoms with Crippen LogP contribution in [0.25, 0.3) is 0 Å². The molecule has 5 nitrogen and oxygen atoms in total. The molecular formula is C30H52O5. The van der Waals surface area contributed by atoms with Crippen LogP contribution in [-0.4, -0.2) is 55.5 Å². The molecule has 0 bridgehead atoms. The van der Waals surface area contributed by atoms with E-state index in [1.807, 2.05) is 0 Å². The third-order valence-corrected chi connectivity index (χ3v) is 13.4. The van der Waals surface area contributed by atoms with E-state index >= 15 is 0 Å². The second kappa shape index (κ2) is 7.68. The van der Waals surface area contributed by atoms with Gasteiger partial charge >= 0.3 is 0 Å². The number of fused-ring (bicyclic) bond motifs is 2. The Balaban J connectivity index is 1.43. The topological polar surface area (TPSA) is 101 Å². The zero-order chi connectivity index (χ0) is 26.0. The molecular weight excluding hydrogens is 440 g/mol. The van der Waals surface area contributed by atoms with E-state index in [0.717, 1.165) is 38.5 Å². The van der Waals surface area contributed by atoms with Gasteiger partial charge in [0, 0.05) is 0 Å². The zero-order valence-corrected chi connectivity index (χ0v) is 23.2. The fourth-order valence-electron chi connectivity index (χ4n) is 11.5. The van der Waals surface area contributed by atoms with Crippen LogP contribution < -0.4 is 0 Å². The minimum Gasteiger partial charge on any atom is -0.393 e. The molecule has 5 aliphatic rings. The Morgan fingerprint density at radius 1 is 0.886 bits per heavy atom. The largest absolute Gasteiger partial charge is 0.393 e. The maximum Gasteiger partial charge on any atom is 0.0849 e. The Kier molecular flexibility index (Phi) is 5.80. The predicted octanol–water partition coefficient (Wildman–Crippen LogP) is 4.28. The SMILES string of the molecule is C[C@H](CC[C@H](O)C(C)(C)O)[C@H]1[C@@H](O)C[C@@]2(C)C3C[C@H](O)C4C(C)(C)[C@@H](O)CC[C@@]45C[C@@]35CC[C@]12C. The highest BCUT2D eigenvalue weighted by Gasteiger charge is 2.84. The summed E-state index contributed by atoms with van der Waals surface area (Å²) in [6.45, 7) is 14.7. The molecule has 0 aliphatic heterocycles. The summed E-state index contributed by atoms with van der Waals surface area (Å²) in [7, 11) is 0. The molecule has 0 aromatic rings. The van der Waals surface area contributed by atoms with Gasteiger partial charge in [-0.1, -0.05) is 34.6 Å². The van der Waals surface area contributed by atoms with Crippen LogP contribution in [0.5, 0.6) is 0 Å². The lowest BCUT2D eigenvalue weighted by molar-refractivity contribution is -0.198. The standard InChI is InChI=1S/C30H52O5/c1-17(8-9-22(34)26(4,5)35)23-19(32)15-28(7)20-14-18(31)24-25(2,3)21(33)10-11-30(24)16-29(20,30)13-12-27(23,28)6/h17-24,31-35H,8-16H2,1-7H3/t17-,18+,19+,20?,21+,22+,23+,24?,27-,28+,29+,30-/m1/s1. The molecule has 0 aromatic carbocycles. The van der Waals surface area contributed by atoms with Crippen molar-refractivity contribution in [1.29, 1.82) is 0 Å². The smallest absolute Gasteiger partial charge is 0.0849 e. The second-order valence-electron chi connectivity index (χ2n) is 15.6. The van der Waals surface area contributed by atoms with E-state index in [1.165, 1.54) is 12.8 Å². The average Bonchev–Trinajstić information content (AvgIpc) is 3.32. The second-order valence-corrected chi connectivity index (χ2v) is 15.6. The maximum absolute atomic E-state index is 11.6. The van der Waals surface area contributed by atoms with Crippen LogP contribution in [0.4, 0.5) is 0 Å². The van der Waals surface area contributed by atoms with Gasteiger partial charge < -0.3 is 25.5 Å². The first-order valence-electron chi connectivity index (χ1n) is 14.4. The van der Waals surface area contributed by atoms with Crippen molar-refractivity contribution in [3.05, 3.63) is 0 Å². The predicted molar refractivity (Wildman–Crippen MR) is 136 cm³/mol. The first-order valence-corrected chi connectivity index (χ1v) is 14.4. The fourth-order valence-corrected chi connectivity index (χ4v) is 11.5. The normalized spacial score (nSPS) is 54.2. The lowest BCUT2D eigenvalue weighted by Gasteiger charge is -2.64. The Morgan fingerprint density at radius 2 is 1.54 bits per heavy atom. The molecule has 5 heteroatoms. The third-order valence-electron chi connectivity index (χ3n) is 13.4. The average molecular weight is 493 g/mol. The van der Waals surface area contributed by atoms with Gasteiger partial charge in [0.15, 0.2) is 0 Å². The number of aliphatic hydroxyl groups is 5. The third kappa shape index (κ3) is 3.23. The number of hydrogen-bond acceptors (Lipinski definition) is 5. The van der Waals surface area contributed by atoms with Gasteiger partial charge in [0.2, 0.25) is 0 Å². The Labute approximate surface area is 212 Å². The summed E-state index contributed by atoms with van der Waals surface area (Å²) in [4.78, 5) is 0. The van der Waals surface area contributed by atoms with Crippen LogP contribution in [0.1, 0.15) is 106 Å². The number of aliphatic hydroxyl groups excluding tert-OH is 4. The van der Waals surface area contributed by atoms with Crippen LogP contribution >= 0.6 is 0 Å². The molecule has 202 valence electrons. The molecule has 12 atom stereocenters. The first kappa shape index (κ1) is 26.4. The van der Waals surface area contributed by atoms with Crippen LogP contribution in [0.3, 0.4) is 0 Å². The molecule has 5 aliphatic carbocycles. The molecule has 0 radical (unpaired) electrons. The summed E-state index contributed by atoms with van der Waals surface area (Å²) < 4.78 is 0.